The molecule has 1 amide bonds. The van der Waals surface area contributed by atoms with Crippen molar-refractivity contribution in [1.29, 1.82) is 0 Å². The Kier molecular flexibility index (Phi) is 5.49. The van der Waals surface area contributed by atoms with E-state index < -0.39 is 10.0 Å². The quantitative estimate of drug-likeness (QED) is 0.698. The summed E-state index contributed by atoms with van der Waals surface area (Å²) in [6.07, 6.45) is 3.68. The lowest BCUT2D eigenvalue weighted by atomic mass is 10.0. The van der Waals surface area contributed by atoms with Crippen LogP contribution in [0.3, 0.4) is 0 Å². The van der Waals surface area contributed by atoms with Gasteiger partial charge in [0.1, 0.15) is 5.75 Å². The number of carbonyl (C=O) groups excluding carboxylic acids is 1. The molecule has 1 saturated carbocycles. The molecule has 0 aromatic heterocycles. The van der Waals surface area contributed by atoms with E-state index in [-0.39, 0.29) is 16.8 Å². The number of methoxy groups -OCH3 is 1. The lowest BCUT2D eigenvalue weighted by Crippen LogP contribution is -2.40. The van der Waals surface area contributed by atoms with E-state index in [1.165, 1.54) is 0 Å². The van der Waals surface area contributed by atoms with Gasteiger partial charge in [0.15, 0.2) is 0 Å². The minimum atomic E-state index is -3.76. The fourth-order valence-electron chi connectivity index (χ4n) is 4.27. The average Bonchev–Trinajstić information content (AvgIpc) is 3.58. The van der Waals surface area contributed by atoms with Crippen molar-refractivity contribution in [3.8, 4) is 5.75 Å². The normalized spacial score (nSPS) is 17.2. The highest BCUT2D eigenvalue weighted by Crippen LogP contribution is 2.40. The third kappa shape index (κ3) is 3.78. The van der Waals surface area contributed by atoms with Crippen LogP contribution in [0, 0.1) is 5.92 Å². The highest BCUT2D eigenvalue weighted by molar-refractivity contribution is 7.92. The van der Waals surface area contributed by atoms with Gasteiger partial charge in [-0.25, -0.2) is 8.42 Å². The first-order chi connectivity index (χ1) is 14.3. The van der Waals surface area contributed by atoms with Crippen LogP contribution in [-0.2, 0) is 21.2 Å². The topological polar surface area (TPSA) is 66.9 Å². The first kappa shape index (κ1) is 20.7. The lowest BCUT2D eigenvalue weighted by Gasteiger charge is -2.32. The second-order valence-electron chi connectivity index (χ2n) is 8.14. The molecule has 0 radical (unpaired) electrons. The fourth-order valence-corrected chi connectivity index (χ4v) is 6.03. The number of carbonyl (C=O) groups is 1. The monoisotopic (exact) mass is 428 g/mol. The zero-order valence-electron chi connectivity index (χ0n) is 17.7. The van der Waals surface area contributed by atoms with Gasteiger partial charge in [-0.2, -0.15) is 0 Å². The second-order valence-corrected chi connectivity index (χ2v) is 9.96. The molecule has 1 heterocycles. The number of anilines is 2. The molecule has 1 unspecified atom stereocenters. The van der Waals surface area contributed by atoms with E-state index in [1.807, 2.05) is 6.92 Å². The Morgan fingerprint density at radius 3 is 2.47 bits per heavy atom. The SMILES string of the molecule is COc1ccc(N(C(C)C2CC2)S(=O)(=O)c2ccc3c(c2)CCCN3C(C)=O)cc1. The maximum Gasteiger partial charge on any atom is 0.264 e. The van der Waals surface area contributed by atoms with Crippen molar-refractivity contribution in [2.75, 3.05) is 22.9 Å². The van der Waals surface area contributed by atoms with E-state index in [4.69, 9.17) is 4.74 Å². The maximum absolute atomic E-state index is 13.8. The van der Waals surface area contributed by atoms with Crippen molar-refractivity contribution < 1.29 is 17.9 Å². The van der Waals surface area contributed by atoms with Gasteiger partial charge in [-0.15, -0.1) is 0 Å². The summed E-state index contributed by atoms with van der Waals surface area (Å²) in [4.78, 5) is 13.9. The Labute approximate surface area is 178 Å². The van der Waals surface area contributed by atoms with E-state index in [0.29, 0.717) is 23.9 Å². The Balaban J connectivity index is 1.75. The fraction of sp³-hybridized carbons (Fsp3) is 0.435. The molecule has 30 heavy (non-hydrogen) atoms. The summed E-state index contributed by atoms with van der Waals surface area (Å²) in [6.45, 7) is 4.20. The van der Waals surface area contributed by atoms with E-state index >= 15 is 0 Å². The molecule has 0 N–H and O–H groups in total. The molecule has 2 aromatic carbocycles. The molecule has 4 rings (SSSR count). The van der Waals surface area contributed by atoms with Gasteiger partial charge in [-0.1, -0.05) is 0 Å². The van der Waals surface area contributed by atoms with Crippen LogP contribution in [0.2, 0.25) is 0 Å². The third-order valence-electron chi connectivity index (χ3n) is 6.11. The number of amides is 1. The molecule has 7 heteroatoms. The zero-order chi connectivity index (χ0) is 21.5. The number of rotatable bonds is 6. The van der Waals surface area contributed by atoms with Gasteiger partial charge in [0.25, 0.3) is 10.0 Å². The van der Waals surface area contributed by atoms with Crippen LogP contribution >= 0.6 is 0 Å². The average molecular weight is 429 g/mol. The summed E-state index contributed by atoms with van der Waals surface area (Å²) >= 11 is 0. The van der Waals surface area contributed by atoms with Gasteiger partial charge < -0.3 is 9.64 Å². The number of benzene rings is 2. The molecule has 0 spiro atoms. The first-order valence-electron chi connectivity index (χ1n) is 10.4. The Morgan fingerprint density at radius 2 is 1.87 bits per heavy atom. The van der Waals surface area contributed by atoms with Crippen LogP contribution in [0.5, 0.6) is 5.75 Å². The van der Waals surface area contributed by atoms with Gasteiger partial charge in [-0.3, -0.25) is 9.10 Å². The summed E-state index contributed by atoms with van der Waals surface area (Å²) in [5.74, 6) is 1.04. The Morgan fingerprint density at radius 1 is 1.17 bits per heavy atom. The zero-order valence-corrected chi connectivity index (χ0v) is 18.5. The van der Waals surface area contributed by atoms with E-state index in [0.717, 1.165) is 36.9 Å². The van der Waals surface area contributed by atoms with E-state index in [1.54, 1.807) is 65.7 Å². The summed E-state index contributed by atoms with van der Waals surface area (Å²) in [7, 11) is -2.17. The summed E-state index contributed by atoms with van der Waals surface area (Å²) in [5.41, 5.74) is 2.36. The Hall–Kier alpha value is -2.54. The van der Waals surface area contributed by atoms with Crippen molar-refractivity contribution in [2.45, 2.75) is 50.5 Å². The van der Waals surface area contributed by atoms with Crippen LogP contribution in [-0.4, -0.2) is 34.0 Å². The van der Waals surface area contributed by atoms with E-state index in [2.05, 4.69) is 0 Å². The van der Waals surface area contributed by atoms with Crippen molar-refractivity contribution in [1.82, 2.24) is 0 Å². The molecule has 6 nitrogen and oxygen atoms in total. The van der Waals surface area contributed by atoms with Crippen LogP contribution in [0.15, 0.2) is 47.4 Å². The number of aryl methyl sites for hydroxylation is 1. The highest BCUT2D eigenvalue weighted by atomic mass is 32.2. The smallest absolute Gasteiger partial charge is 0.264 e. The summed E-state index contributed by atoms with van der Waals surface area (Å²) in [6, 6.07) is 12.2. The highest BCUT2D eigenvalue weighted by Gasteiger charge is 2.39. The molecule has 1 aliphatic carbocycles. The molecule has 1 atom stereocenters. The number of fused-ring (bicyclic) bond motifs is 1. The molecule has 1 aliphatic heterocycles. The maximum atomic E-state index is 13.8. The first-order valence-corrected chi connectivity index (χ1v) is 11.9. The third-order valence-corrected chi connectivity index (χ3v) is 8.02. The molecule has 160 valence electrons. The molecule has 2 aliphatic rings. The second kappa shape index (κ2) is 7.95. The minimum absolute atomic E-state index is 0.0197. The van der Waals surface area contributed by atoms with Gasteiger partial charge >= 0.3 is 0 Å². The van der Waals surface area contributed by atoms with Crippen molar-refractivity contribution in [3.05, 3.63) is 48.0 Å². The van der Waals surface area contributed by atoms with Crippen LogP contribution in [0.25, 0.3) is 0 Å². The number of ether oxygens (including phenoxy) is 1. The lowest BCUT2D eigenvalue weighted by molar-refractivity contribution is -0.116. The van der Waals surface area contributed by atoms with Crippen molar-refractivity contribution in [3.63, 3.8) is 0 Å². The molecular formula is C23H28N2O4S. The Bertz CT molecular complexity index is 1050. The van der Waals surface area contributed by atoms with Gasteiger partial charge in [0.05, 0.1) is 17.7 Å². The van der Waals surface area contributed by atoms with Crippen LogP contribution in [0.1, 0.15) is 38.7 Å². The van der Waals surface area contributed by atoms with Gasteiger partial charge in [0.2, 0.25) is 5.91 Å². The van der Waals surface area contributed by atoms with Crippen LogP contribution in [0.4, 0.5) is 11.4 Å². The molecule has 1 fully saturated rings. The van der Waals surface area contributed by atoms with E-state index in [9.17, 15) is 13.2 Å². The number of nitrogens with zero attached hydrogens (tertiary/aromatic N) is 2. The molecular weight excluding hydrogens is 400 g/mol. The number of hydrogen-bond donors (Lipinski definition) is 0. The van der Waals surface area contributed by atoms with Gasteiger partial charge in [0, 0.05) is 25.2 Å². The molecule has 0 bridgehead atoms. The summed E-state index contributed by atoms with van der Waals surface area (Å²) in [5, 5.41) is 0. The number of sulfonamides is 1. The molecule has 2 aromatic rings. The minimum Gasteiger partial charge on any atom is -0.497 e. The van der Waals surface area contributed by atoms with Crippen molar-refractivity contribution >= 4 is 27.3 Å². The molecule has 0 saturated heterocycles. The number of hydrogen-bond acceptors (Lipinski definition) is 4. The predicted octanol–water partition coefficient (Wildman–Crippen LogP) is 3.99. The van der Waals surface area contributed by atoms with Gasteiger partial charge in [-0.05, 0) is 86.6 Å². The van der Waals surface area contributed by atoms with Crippen LogP contribution < -0.4 is 13.9 Å². The standard InChI is InChI=1S/C23H28N2O4S/c1-16(18-6-7-18)25(20-8-10-21(29-3)11-9-20)30(27,28)22-12-13-23-19(15-22)5-4-14-24(23)17(2)26/h8-13,15-16,18H,4-7,14H2,1-3H3. The predicted molar refractivity (Wildman–Crippen MR) is 118 cm³/mol. The largest absolute Gasteiger partial charge is 0.497 e. The van der Waals surface area contributed by atoms with Crippen molar-refractivity contribution in [2.24, 2.45) is 5.92 Å². The summed E-state index contributed by atoms with van der Waals surface area (Å²) < 4.78 is 34.3.